The summed E-state index contributed by atoms with van der Waals surface area (Å²) in [7, 11) is 0. The Bertz CT molecular complexity index is 574. The van der Waals surface area contributed by atoms with Crippen LogP contribution in [0.15, 0.2) is 24.3 Å². The van der Waals surface area contributed by atoms with E-state index in [1.807, 2.05) is 38.1 Å². The number of carbonyl (C=O) groups is 1. The molecular weight excluding hydrogens is 334 g/mol. The van der Waals surface area contributed by atoms with E-state index in [-0.39, 0.29) is 19.1 Å². The fourth-order valence-electron chi connectivity index (χ4n) is 2.93. The molecule has 1 heterocycles. The molecule has 1 aromatic carbocycles. The molecule has 1 aromatic rings. The van der Waals surface area contributed by atoms with Crippen LogP contribution < -0.4 is 10.1 Å². The SMILES string of the molecule is CCCCOc1ccc(C(O)CC2(NC(C)=O)COC(C)(C)OC2)cc1. The van der Waals surface area contributed by atoms with E-state index in [1.54, 1.807) is 0 Å². The standard InChI is InChI=1S/C20H31NO5/c1-5-6-11-24-17-9-7-16(8-10-17)18(23)12-20(21-15(2)22)13-25-19(3,4)26-14-20/h7-10,18,23H,5-6,11-14H2,1-4H3,(H,21,22). The van der Waals surface area contributed by atoms with Gasteiger partial charge in [0.15, 0.2) is 5.79 Å². The summed E-state index contributed by atoms with van der Waals surface area (Å²) in [5, 5.41) is 13.6. The zero-order chi connectivity index (χ0) is 19.2. The molecule has 1 amide bonds. The highest BCUT2D eigenvalue weighted by Crippen LogP contribution is 2.31. The van der Waals surface area contributed by atoms with Gasteiger partial charge in [-0.25, -0.2) is 0 Å². The fraction of sp³-hybridized carbons (Fsp3) is 0.650. The van der Waals surface area contributed by atoms with Crippen molar-refractivity contribution in [3.63, 3.8) is 0 Å². The van der Waals surface area contributed by atoms with Crippen molar-refractivity contribution in [1.82, 2.24) is 5.32 Å². The molecule has 1 atom stereocenters. The smallest absolute Gasteiger partial charge is 0.217 e. The zero-order valence-electron chi connectivity index (χ0n) is 16.2. The van der Waals surface area contributed by atoms with Gasteiger partial charge in [0, 0.05) is 13.3 Å². The average molecular weight is 365 g/mol. The Kier molecular flexibility index (Phi) is 7.03. The van der Waals surface area contributed by atoms with Gasteiger partial charge in [-0.2, -0.15) is 0 Å². The summed E-state index contributed by atoms with van der Waals surface area (Å²) in [6.07, 6.45) is 1.65. The molecule has 0 radical (unpaired) electrons. The van der Waals surface area contributed by atoms with Crippen LogP contribution >= 0.6 is 0 Å². The molecule has 2 rings (SSSR count). The number of ether oxygens (including phenoxy) is 3. The van der Waals surface area contributed by atoms with Crippen LogP contribution in [0, 0.1) is 0 Å². The Morgan fingerprint density at radius 1 is 1.27 bits per heavy atom. The average Bonchev–Trinajstić information content (AvgIpc) is 2.58. The minimum atomic E-state index is -0.753. The van der Waals surface area contributed by atoms with Crippen molar-refractivity contribution < 1.29 is 24.1 Å². The van der Waals surface area contributed by atoms with Gasteiger partial charge in [-0.1, -0.05) is 25.5 Å². The Hall–Kier alpha value is -1.63. The highest BCUT2D eigenvalue weighted by molar-refractivity contribution is 5.73. The van der Waals surface area contributed by atoms with Gasteiger partial charge in [-0.05, 0) is 38.0 Å². The molecule has 6 nitrogen and oxygen atoms in total. The molecule has 0 aromatic heterocycles. The molecule has 0 aliphatic carbocycles. The third-order valence-electron chi connectivity index (χ3n) is 4.45. The van der Waals surface area contributed by atoms with Gasteiger partial charge in [0.2, 0.25) is 5.91 Å². The third-order valence-corrected chi connectivity index (χ3v) is 4.45. The molecule has 0 saturated carbocycles. The summed E-state index contributed by atoms with van der Waals surface area (Å²) in [6.45, 7) is 8.50. The number of unbranched alkanes of at least 4 members (excludes halogenated alkanes) is 1. The van der Waals surface area contributed by atoms with Crippen LogP contribution in [-0.4, -0.2) is 42.2 Å². The second kappa shape index (κ2) is 8.84. The van der Waals surface area contributed by atoms with Gasteiger partial charge in [-0.15, -0.1) is 0 Å². The van der Waals surface area contributed by atoms with Crippen molar-refractivity contribution >= 4 is 5.91 Å². The normalized spacial score (nSPS) is 19.6. The number of aliphatic hydroxyl groups excluding tert-OH is 1. The fourth-order valence-corrected chi connectivity index (χ4v) is 2.93. The van der Waals surface area contributed by atoms with Crippen LogP contribution in [0.5, 0.6) is 5.75 Å². The van der Waals surface area contributed by atoms with E-state index in [0.29, 0.717) is 13.0 Å². The molecule has 26 heavy (non-hydrogen) atoms. The summed E-state index contributed by atoms with van der Waals surface area (Å²) in [5.74, 6) is -0.0782. The van der Waals surface area contributed by atoms with Crippen molar-refractivity contribution in [3.8, 4) is 5.75 Å². The Balaban J connectivity index is 2.02. The minimum absolute atomic E-state index is 0.177. The van der Waals surface area contributed by atoms with Gasteiger partial charge < -0.3 is 24.6 Å². The molecule has 1 fully saturated rings. The first-order valence-electron chi connectivity index (χ1n) is 9.23. The van der Waals surface area contributed by atoms with E-state index in [9.17, 15) is 9.90 Å². The maximum atomic E-state index is 11.6. The van der Waals surface area contributed by atoms with E-state index < -0.39 is 17.4 Å². The number of hydrogen-bond acceptors (Lipinski definition) is 5. The second-order valence-corrected chi connectivity index (χ2v) is 7.43. The summed E-state index contributed by atoms with van der Waals surface area (Å²) in [6, 6.07) is 7.41. The van der Waals surface area contributed by atoms with Crippen molar-refractivity contribution in [1.29, 1.82) is 0 Å². The molecule has 146 valence electrons. The van der Waals surface area contributed by atoms with Crippen LogP contribution in [0.1, 0.15) is 58.6 Å². The Labute approximate surface area is 155 Å². The monoisotopic (exact) mass is 365 g/mol. The van der Waals surface area contributed by atoms with Gasteiger partial charge in [-0.3, -0.25) is 4.79 Å². The number of benzene rings is 1. The number of nitrogens with one attached hydrogen (secondary N) is 1. The van der Waals surface area contributed by atoms with E-state index in [1.165, 1.54) is 6.92 Å². The van der Waals surface area contributed by atoms with E-state index in [2.05, 4.69) is 12.2 Å². The van der Waals surface area contributed by atoms with E-state index in [4.69, 9.17) is 14.2 Å². The molecule has 1 unspecified atom stereocenters. The highest BCUT2D eigenvalue weighted by atomic mass is 16.7. The highest BCUT2D eigenvalue weighted by Gasteiger charge is 2.42. The van der Waals surface area contributed by atoms with Gasteiger partial charge in [0.25, 0.3) is 0 Å². The largest absolute Gasteiger partial charge is 0.494 e. The van der Waals surface area contributed by atoms with Crippen molar-refractivity contribution in [3.05, 3.63) is 29.8 Å². The number of hydrogen-bond donors (Lipinski definition) is 2. The number of amides is 1. The number of carbonyl (C=O) groups excluding carboxylic acids is 1. The lowest BCUT2D eigenvalue weighted by molar-refractivity contribution is -0.273. The van der Waals surface area contributed by atoms with Crippen LogP contribution in [-0.2, 0) is 14.3 Å². The van der Waals surface area contributed by atoms with E-state index >= 15 is 0 Å². The van der Waals surface area contributed by atoms with Crippen LogP contribution in [0.2, 0.25) is 0 Å². The summed E-state index contributed by atoms with van der Waals surface area (Å²) in [4.78, 5) is 11.6. The van der Waals surface area contributed by atoms with Crippen molar-refractivity contribution in [2.45, 2.75) is 64.4 Å². The number of rotatable bonds is 8. The van der Waals surface area contributed by atoms with Crippen molar-refractivity contribution in [2.75, 3.05) is 19.8 Å². The first kappa shape index (κ1) is 20.7. The molecule has 0 spiro atoms. The molecule has 1 aliphatic rings. The maximum absolute atomic E-state index is 11.6. The third kappa shape index (κ3) is 5.97. The Morgan fingerprint density at radius 2 is 1.88 bits per heavy atom. The van der Waals surface area contributed by atoms with Crippen LogP contribution in [0.3, 0.4) is 0 Å². The van der Waals surface area contributed by atoms with Crippen LogP contribution in [0.25, 0.3) is 0 Å². The Morgan fingerprint density at radius 3 is 2.42 bits per heavy atom. The van der Waals surface area contributed by atoms with E-state index in [0.717, 1.165) is 24.2 Å². The first-order chi connectivity index (χ1) is 12.3. The topological polar surface area (TPSA) is 77.0 Å². The molecule has 2 N–H and O–H groups in total. The zero-order valence-corrected chi connectivity index (χ0v) is 16.2. The summed E-state index contributed by atoms with van der Waals surface area (Å²) >= 11 is 0. The molecule has 0 bridgehead atoms. The molecule has 1 aliphatic heterocycles. The predicted octanol–water partition coefficient (Wildman–Crippen LogP) is 2.95. The molecule has 1 saturated heterocycles. The predicted molar refractivity (Wildman–Crippen MR) is 99.0 cm³/mol. The first-order valence-corrected chi connectivity index (χ1v) is 9.23. The van der Waals surface area contributed by atoms with Gasteiger partial charge in [0.1, 0.15) is 5.75 Å². The minimum Gasteiger partial charge on any atom is -0.494 e. The maximum Gasteiger partial charge on any atom is 0.217 e. The lowest BCUT2D eigenvalue weighted by atomic mass is 9.89. The summed E-state index contributed by atoms with van der Waals surface area (Å²) < 4.78 is 17.1. The van der Waals surface area contributed by atoms with Gasteiger partial charge >= 0.3 is 0 Å². The van der Waals surface area contributed by atoms with Gasteiger partial charge in [0.05, 0.1) is 31.5 Å². The quantitative estimate of drug-likeness (QED) is 0.693. The lowest BCUT2D eigenvalue weighted by Crippen LogP contribution is -2.61. The molecule has 6 heteroatoms. The van der Waals surface area contributed by atoms with Crippen LogP contribution in [0.4, 0.5) is 0 Å². The lowest BCUT2D eigenvalue weighted by Gasteiger charge is -2.44. The second-order valence-electron chi connectivity index (χ2n) is 7.43. The molecular formula is C20H31NO5. The van der Waals surface area contributed by atoms with Crippen molar-refractivity contribution in [2.24, 2.45) is 0 Å². The summed E-state index contributed by atoms with van der Waals surface area (Å²) in [5.41, 5.74) is 0.0132. The number of aliphatic hydroxyl groups is 1.